The lowest BCUT2D eigenvalue weighted by atomic mass is 9.90. The Balaban J connectivity index is 1.68. The van der Waals surface area contributed by atoms with Crippen molar-refractivity contribution in [3.63, 3.8) is 0 Å². The lowest BCUT2D eigenvalue weighted by Gasteiger charge is -2.39. The van der Waals surface area contributed by atoms with Gasteiger partial charge in [-0.15, -0.1) is 0 Å². The first-order valence-electron chi connectivity index (χ1n) is 7.61. The van der Waals surface area contributed by atoms with Gasteiger partial charge in [0, 0.05) is 21.5 Å². The van der Waals surface area contributed by atoms with Crippen molar-refractivity contribution >= 4 is 23.4 Å². The Labute approximate surface area is 141 Å². The molecular weight excluding hydrogens is 316 g/mol. The summed E-state index contributed by atoms with van der Waals surface area (Å²) in [7, 11) is 1.69. The summed E-state index contributed by atoms with van der Waals surface area (Å²) < 4.78 is 11.5. The average molecular weight is 337 g/mol. The number of ether oxygens (including phenoxy) is 2. The predicted octanol–water partition coefficient (Wildman–Crippen LogP) is 4.78. The van der Waals surface area contributed by atoms with Crippen molar-refractivity contribution in [1.82, 2.24) is 0 Å². The summed E-state index contributed by atoms with van der Waals surface area (Å²) in [5, 5.41) is 1.90. The van der Waals surface area contributed by atoms with Crippen LogP contribution in [0.1, 0.15) is 18.9 Å². The van der Waals surface area contributed by atoms with E-state index in [0.29, 0.717) is 23.0 Å². The molecule has 22 heavy (non-hydrogen) atoms. The monoisotopic (exact) mass is 336 g/mol. The number of hydrogen-bond donors (Lipinski definition) is 0. The highest BCUT2D eigenvalue weighted by atomic mass is 35.5. The van der Waals surface area contributed by atoms with Crippen molar-refractivity contribution in [1.29, 1.82) is 0 Å². The van der Waals surface area contributed by atoms with Gasteiger partial charge in [-0.3, -0.25) is 0 Å². The minimum absolute atomic E-state index is 0.214. The lowest BCUT2D eigenvalue weighted by Crippen LogP contribution is -2.38. The van der Waals surface area contributed by atoms with E-state index in [9.17, 15) is 0 Å². The quantitative estimate of drug-likeness (QED) is 0.788. The third-order valence-corrected chi connectivity index (χ3v) is 5.85. The highest BCUT2D eigenvalue weighted by Crippen LogP contribution is 2.42. The molecule has 4 heteroatoms. The summed E-state index contributed by atoms with van der Waals surface area (Å²) in [6.45, 7) is 2.88. The van der Waals surface area contributed by atoms with Crippen LogP contribution >= 0.6 is 23.4 Å². The zero-order valence-corrected chi connectivity index (χ0v) is 14.4. The molecular formula is C18H21ClO2S. The van der Waals surface area contributed by atoms with Gasteiger partial charge < -0.3 is 9.47 Å². The maximum absolute atomic E-state index is 6.25. The maximum atomic E-state index is 6.25. The fourth-order valence-electron chi connectivity index (χ4n) is 3.06. The van der Waals surface area contributed by atoms with E-state index in [2.05, 4.69) is 25.1 Å². The molecule has 1 aromatic rings. The number of allylic oxidation sites excluding steroid dienone is 2. The molecule has 1 heterocycles. The Kier molecular flexibility index (Phi) is 5.17. The standard InChI is InChI=1S/C18H21ClO2S/c1-12-8-17(16-10-14(19)6-7-18(16)22-12)21-11-13-4-3-5-15(9-13)20-2/h3-7,9-10,12,16-18H,8,11H2,1-2H3/t12-,16-,17-,18-/m1/s1. The van der Waals surface area contributed by atoms with Crippen LogP contribution < -0.4 is 4.74 Å². The smallest absolute Gasteiger partial charge is 0.119 e. The van der Waals surface area contributed by atoms with E-state index in [1.54, 1.807) is 7.11 Å². The molecule has 118 valence electrons. The van der Waals surface area contributed by atoms with Gasteiger partial charge in [-0.1, -0.05) is 42.8 Å². The van der Waals surface area contributed by atoms with E-state index in [0.717, 1.165) is 22.8 Å². The first kappa shape index (κ1) is 16.0. The fourth-order valence-corrected chi connectivity index (χ4v) is 4.72. The molecule has 1 aliphatic carbocycles. The summed E-state index contributed by atoms with van der Waals surface area (Å²) in [6, 6.07) is 8.06. The number of hydrogen-bond acceptors (Lipinski definition) is 3. The van der Waals surface area contributed by atoms with Crippen molar-refractivity contribution in [3.05, 3.63) is 53.1 Å². The van der Waals surface area contributed by atoms with Gasteiger partial charge in [-0.05, 0) is 30.2 Å². The molecule has 3 rings (SSSR count). The fraction of sp³-hybridized carbons (Fsp3) is 0.444. The average Bonchev–Trinajstić information content (AvgIpc) is 2.53. The second-order valence-electron chi connectivity index (χ2n) is 5.84. The van der Waals surface area contributed by atoms with Crippen LogP contribution in [0.5, 0.6) is 5.75 Å². The Morgan fingerprint density at radius 2 is 2.23 bits per heavy atom. The molecule has 0 aromatic heterocycles. The van der Waals surface area contributed by atoms with Crippen LogP contribution in [0, 0.1) is 5.92 Å². The number of rotatable bonds is 4. The second kappa shape index (κ2) is 7.12. The van der Waals surface area contributed by atoms with E-state index in [-0.39, 0.29) is 6.10 Å². The van der Waals surface area contributed by atoms with Crippen LogP contribution in [0.15, 0.2) is 47.5 Å². The molecule has 0 amide bonds. The van der Waals surface area contributed by atoms with Crippen LogP contribution in [-0.4, -0.2) is 23.7 Å². The minimum Gasteiger partial charge on any atom is -0.497 e. The Bertz CT molecular complexity index is 584. The normalized spacial score (nSPS) is 30.6. The highest BCUT2D eigenvalue weighted by molar-refractivity contribution is 8.00. The van der Waals surface area contributed by atoms with Gasteiger partial charge in [0.1, 0.15) is 5.75 Å². The van der Waals surface area contributed by atoms with Crippen molar-refractivity contribution < 1.29 is 9.47 Å². The third-order valence-electron chi connectivity index (χ3n) is 4.16. The Morgan fingerprint density at radius 1 is 1.36 bits per heavy atom. The van der Waals surface area contributed by atoms with Gasteiger partial charge in [-0.2, -0.15) is 11.8 Å². The second-order valence-corrected chi connectivity index (χ2v) is 7.89. The van der Waals surface area contributed by atoms with Gasteiger partial charge in [0.2, 0.25) is 0 Å². The summed E-state index contributed by atoms with van der Waals surface area (Å²) in [5.74, 6) is 1.24. The minimum atomic E-state index is 0.214. The molecule has 2 nitrogen and oxygen atoms in total. The lowest BCUT2D eigenvalue weighted by molar-refractivity contribution is 0.00709. The molecule has 0 spiro atoms. The first-order valence-corrected chi connectivity index (χ1v) is 8.93. The molecule has 1 saturated heterocycles. The van der Waals surface area contributed by atoms with Crippen LogP contribution in [-0.2, 0) is 11.3 Å². The summed E-state index contributed by atoms with van der Waals surface area (Å²) in [4.78, 5) is 0. The van der Waals surface area contributed by atoms with Gasteiger partial charge in [0.15, 0.2) is 0 Å². The van der Waals surface area contributed by atoms with E-state index in [1.165, 1.54) is 0 Å². The molecule has 0 N–H and O–H groups in total. The number of thioether (sulfide) groups is 1. The van der Waals surface area contributed by atoms with Crippen LogP contribution in [0.4, 0.5) is 0 Å². The highest BCUT2D eigenvalue weighted by Gasteiger charge is 2.36. The van der Waals surface area contributed by atoms with Gasteiger partial charge in [0.25, 0.3) is 0 Å². The summed E-state index contributed by atoms with van der Waals surface area (Å²) in [6.07, 6.45) is 7.65. The maximum Gasteiger partial charge on any atom is 0.119 e. The van der Waals surface area contributed by atoms with Gasteiger partial charge in [0.05, 0.1) is 19.8 Å². The Hall–Kier alpha value is -0.900. The molecule has 0 radical (unpaired) electrons. The molecule has 0 unspecified atom stereocenters. The topological polar surface area (TPSA) is 18.5 Å². The van der Waals surface area contributed by atoms with Gasteiger partial charge >= 0.3 is 0 Å². The van der Waals surface area contributed by atoms with E-state index < -0.39 is 0 Å². The summed E-state index contributed by atoms with van der Waals surface area (Å²) >= 11 is 8.20. The van der Waals surface area contributed by atoms with Crippen molar-refractivity contribution in [3.8, 4) is 5.75 Å². The van der Waals surface area contributed by atoms with Gasteiger partial charge in [-0.25, -0.2) is 0 Å². The number of halogens is 1. The third kappa shape index (κ3) is 3.70. The molecule has 2 aliphatic rings. The molecule has 1 aromatic carbocycles. The number of fused-ring (bicyclic) bond motifs is 1. The van der Waals surface area contributed by atoms with E-state index in [4.69, 9.17) is 21.1 Å². The Morgan fingerprint density at radius 3 is 3.05 bits per heavy atom. The van der Waals surface area contributed by atoms with E-state index in [1.807, 2.05) is 36.0 Å². The molecule has 0 saturated carbocycles. The largest absolute Gasteiger partial charge is 0.497 e. The van der Waals surface area contributed by atoms with Crippen LogP contribution in [0.3, 0.4) is 0 Å². The number of methoxy groups -OCH3 is 1. The SMILES string of the molecule is COc1cccc(CO[C@@H]2C[C@@H](C)S[C@@H]3C=CC(Cl)=C[C@H]23)c1. The van der Waals surface area contributed by atoms with Crippen molar-refractivity contribution in [2.45, 2.75) is 36.6 Å². The van der Waals surface area contributed by atoms with Crippen LogP contribution in [0.2, 0.25) is 0 Å². The van der Waals surface area contributed by atoms with Crippen molar-refractivity contribution in [2.24, 2.45) is 5.92 Å². The van der Waals surface area contributed by atoms with Crippen LogP contribution in [0.25, 0.3) is 0 Å². The molecule has 1 fully saturated rings. The first-order chi connectivity index (χ1) is 10.7. The zero-order chi connectivity index (χ0) is 15.5. The molecule has 1 aliphatic heterocycles. The molecule has 0 bridgehead atoms. The summed E-state index contributed by atoms with van der Waals surface area (Å²) in [5.41, 5.74) is 1.14. The van der Waals surface area contributed by atoms with Crippen molar-refractivity contribution in [2.75, 3.05) is 7.11 Å². The van der Waals surface area contributed by atoms with E-state index >= 15 is 0 Å². The predicted molar refractivity (Wildman–Crippen MR) is 93.6 cm³/mol. The number of benzene rings is 1. The molecule has 4 atom stereocenters. The zero-order valence-electron chi connectivity index (χ0n) is 12.9.